The number of anilines is 1. The van der Waals surface area contributed by atoms with E-state index in [4.69, 9.17) is 0 Å². The lowest BCUT2D eigenvalue weighted by atomic mass is 10.1. The van der Waals surface area contributed by atoms with Crippen LogP contribution < -0.4 is 10.2 Å². The Kier molecular flexibility index (Phi) is 3.04. The molecule has 0 bridgehead atoms. The average molecular weight is 298 g/mol. The summed E-state index contributed by atoms with van der Waals surface area (Å²) in [5.74, 6) is 0.428. The Labute approximate surface area is 127 Å². The van der Waals surface area contributed by atoms with Gasteiger partial charge in [-0.15, -0.1) is 0 Å². The highest BCUT2D eigenvalue weighted by molar-refractivity contribution is 6.01. The van der Waals surface area contributed by atoms with Gasteiger partial charge in [-0.2, -0.15) is 0 Å². The summed E-state index contributed by atoms with van der Waals surface area (Å²) < 4.78 is 13.1. The minimum absolute atomic E-state index is 0.00783. The quantitative estimate of drug-likeness (QED) is 0.914. The van der Waals surface area contributed by atoms with Crippen LogP contribution in [-0.2, 0) is 6.54 Å². The van der Waals surface area contributed by atoms with Crippen molar-refractivity contribution in [3.05, 3.63) is 59.5 Å². The van der Waals surface area contributed by atoms with Crippen molar-refractivity contribution in [1.29, 1.82) is 0 Å². The summed E-state index contributed by atoms with van der Waals surface area (Å²) >= 11 is 0. The molecule has 1 aromatic carbocycles. The standard InChI is InChI=1S/C16H15FN4O/c17-12-5-3-11(4-6-12)10-21-14-13(2-1-7-18-14)15(22)20-9-8-19-16(20)21/h1-7,16,19H,8-10H2. The molecule has 1 fully saturated rings. The van der Waals surface area contributed by atoms with E-state index in [9.17, 15) is 9.18 Å². The Balaban J connectivity index is 1.74. The van der Waals surface area contributed by atoms with Crippen LogP contribution in [0.2, 0.25) is 0 Å². The smallest absolute Gasteiger partial charge is 0.260 e. The summed E-state index contributed by atoms with van der Waals surface area (Å²) in [6, 6.07) is 9.99. The molecule has 0 spiro atoms. The first-order valence-electron chi connectivity index (χ1n) is 7.24. The van der Waals surface area contributed by atoms with Crippen LogP contribution in [0.1, 0.15) is 15.9 Å². The number of rotatable bonds is 2. The van der Waals surface area contributed by atoms with E-state index in [0.717, 1.165) is 12.1 Å². The minimum Gasteiger partial charge on any atom is -0.318 e. The molecule has 2 aromatic rings. The molecule has 1 unspecified atom stereocenters. The van der Waals surface area contributed by atoms with E-state index in [1.807, 2.05) is 4.90 Å². The van der Waals surface area contributed by atoms with Gasteiger partial charge >= 0.3 is 0 Å². The first-order chi connectivity index (χ1) is 10.7. The van der Waals surface area contributed by atoms with Crippen molar-refractivity contribution in [2.75, 3.05) is 18.0 Å². The van der Waals surface area contributed by atoms with Crippen molar-refractivity contribution in [1.82, 2.24) is 15.2 Å². The maximum Gasteiger partial charge on any atom is 0.260 e. The number of nitrogens with zero attached hydrogens (tertiary/aromatic N) is 3. The van der Waals surface area contributed by atoms with E-state index in [1.165, 1.54) is 12.1 Å². The van der Waals surface area contributed by atoms with E-state index in [0.29, 0.717) is 24.5 Å². The zero-order valence-electron chi connectivity index (χ0n) is 11.9. The fourth-order valence-corrected chi connectivity index (χ4v) is 3.05. The highest BCUT2D eigenvalue weighted by atomic mass is 19.1. The number of aromatic nitrogens is 1. The van der Waals surface area contributed by atoms with Gasteiger partial charge in [0.25, 0.3) is 5.91 Å². The second-order valence-corrected chi connectivity index (χ2v) is 5.46. The molecule has 1 amide bonds. The SMILES string of the molecule is O=C1c2cccnc2N(Cc2ccc(F)cc2)C2NCCN12. The monoisotopic (exact) mass is 298 g/mol. The summed E-state index contributed by atoms with van der Waals surface area (Å²) in [5.41, 5.74) is 1.59. The van der Waals surface area contributed by atoms with E-state index in [2.05, 4.69) is 15.2 Å². The number of hydrogen-bond acceptors (Lipinski definition) is 4. The number of carbonyl (C=O) groups is 1. The Morgan fingerprint density at radius 2 is 2.09 bits per heavy atom. The predicted octanol–water partition coefficient (Wildman–Crippen LogP) is 1.57. The van der Waals surface area contributed by atoms with Gasteiger partial charge in [0.1, 0.15) is 11.6 Å². The molecule has 5 nitrogen and oxygen atoms in total. The van der Waals surface area contributed by atoms with Crippen molar-refractivity contribution < 1.29 is 9.18 Å². The Morgan fingerprint density at radius 1 is 1.27 bits per heavy atom. The van der Waals surface area contributed by atoms with Crippen molar-refractivity contribution in [3.63, 3.8) is 0 Å². The summed E-state index contributed by atoms with van der Waals surface area (Å²) in [4.78, 5) is 20.8. The van der Waals surface area contributed by atoms with Crippen molar-refractivity contribution in [3.8, 4) is 0 Å². The molecule has 6 heteroatoms. The molecule has 1 saturated heterocycles. The third-order valence-corrected chi connectivity index (χ3v) is 4.09. The van der Waals surface area contributed by atoms with Crippen LogP contribution in [0.3, 0.4) is 0 Å². The van der Waals surface area contributed by atoms with Gasteiger partial charge in [-0.05, 0) is 29.8 Å². The second-order valence-electron chi connectivity index (χ2n) is 5.46. The molecule has 2 aliphatic heterocycles. The van der Waals surface area contributed by atoms with Gasteiger partial charge in [-0.1, -0.05) is 12.1 Å². The molecule has 1 N–H and O–H groups in total. The van der Waals surface area contributed by atoms with E-state index < -0.39 is 0 Å². The van der Waals surface area contributed by atoms with Crippen LogP contribution in [0.4, 0.5) is 10.2 Å². The maximum absolute atomic E-state index is 13.1. The molecule has 0 saturated carbocycles. The molecular formula is C16H15FN4O. The zero-order valence-corrected chi connectivity index (χ0v) is 11.9. The summed E-state index contributed by atoms with van der Waals surface area (Å²) in [6.45, 7) is 1.99. The molecule has 112 valence electrons. The van der Waals surface area contributed by atoms with E-state index in [1.54, 1.807) is 30.5 Å². The number of halogens is 1. The van der Waals surface area contributed by atoms with Crippen LogP contribution in [0.15, 0.2) is 42.6 Å². The van der Waals surface area contributed by atoms with Crippen molar-refractivity contribution >= 4 is 11.7 Å². The maximum atomic E-state index is 13.1. The number of pyridine rings is 1. The van der Waals surface area contributed by atoms with Crippen LogP contribution in [0.25, 0.3) is 0 Å². The molecule has 1 atom stereocenters. The Bertz CT molecular complexity index is 718. The number of amides is 1. The Hall–Kier alpha value is -2.47. The number of carbonyl (C=O) groups excluding carboxylic acids is 1. The lowest BCUT2D eigenvalue weighted by Gasteiger charge is -2.40. The lowest BCUT2D eigenvalue weighted by Crippen LogP contribution is -2.56. The van der Waals surface area contributed by atoms with Gasteiger partial charge in [0, 0.05) is 25.8 Å². The fourth-order valence-electron chi connectivity index (χ4n) is 3.05. The van der Waals surface area contributed by atoms with Gasteiger partial charge in [-0.25, -0.2) is 9.37 Å². The molecule has 2 aliphatic rings. The molecular weight excluding hydrogens is 283 g/mol. The van der Waals surface area contributed by atoms with Gasteiger partial charge in [0.05, 0.1) is 5.56 Å². The topological polar surface area (TPSA) is 48.5 Å². The number of hydrogen-bond donors (Lipinski definition) is 1. The zero-order chi connectivity index (χ0) is 15.1. The third-order valence-electron chi connectivity index (χ3n) is 4.09. The van der Waals surface area contributed by atoms with Gasteiger partial charge < -0.3 is 9.80 Å². The first-order valence-corrected chi connectivity index (χ1v) is 7.24. The molecule has 22 heavy (non-hydrogen) atoms. The van der Waals surface area contributed by atoms with Crippen LogP contribution in [0, 0.1) is 5.82 Å². The third kappa shape index (κ3) is 2.03. The highest BCUT2D eigenvalue weighted by Gasteiger charge is 2.40. The van der Waals surface area contributed by atoms with Crippen LogP contribution in [-0.4, -0.2) is 35.2 Å². The second kappa shape index (κ2) is 5.06. The fraction of sp³-hybridized carbons (Fsp3) is 0.250. The Morgan fingerprint density at radius 3 is 2.91 bits per heavy atom. The number of fused-ring (bicyclic) bond motifs is 2. The van der Waals surface area contributed by atoms with Gasteiger partial charge in [0.2, 0.25) is 0 Å². The number of nitrogens with one attached hydrogen (secondary N) is 1. The molecule has 0 aliphatic carbocycles. The van der Waals surface area contributed by atoms with Crippen molar-refractivity contribution in [2.45, 2.75) is 12.8 Å². The predicted molar refractivity (Wildman–Crippen MR) is 79.6 cm³/mol. The average Bonchev–Trinajstić information content (AvgIpc) is 3.03. The first kappa shape index (κ1) is 13.2. The van der Waals surface area contributed by atoms with Gasteiger partial charge in [0.15, 0.2) is 6.29 Å². The van der Waals surface area contributed by atoms with Crippen LogP contribution >= 0.6 is 0 Å². The van der Waals surface area contributed by atoms with Gasteiger partial charge in [-0.3, -0.25) is 10.1 Å². The minimum atomic E-state index is -0.253. The van der Waals surface area contributed by atoms with E-state index >= 15 is 0 Å². The van der Waals surface area contributed by atoms with Crippen molar-refractivity contribution in [2.24, 2.45) is 0 Å². The molecule has 3 heterocycles. The molecule has 1 aromatic heterocycles. The molecule has 4 rings (SSSR count). The normalized spacial score (nSPS) is 20.0. The summed E-state index contributed by atoms with van der Waals surface area (Å²) in [5, 5.41) is 3.33. The largest absolute Gasteiger partial charge is 0.318 e. The highest BCUT2D eigenvalue weighted by Crippen LogP contribution is 2.30. The number of benzene rings is 1. The van der Waals surface area contributed by atoms with Crippen LogP contribution in [0.5, 0.6) is 0 Å². The lowest BCUT2D eigenvalue weighted by molar-refractivity contribution is 0.0702. The molecule has 0 radical (unpaired) electrons. The summed E-state index contributed by atoms with van der Waals surface area (Å²) in [7, 11) is 0. The van der Waals surface area contributed by atoms with E-state index in [-0.39, 0.29) is 18.0 Å². The summed E-state index contributed by atoms with van der Waals surface area (Å²) in [6.07, 6.45) is 1.49.